The number of nitrogens with zero attached hydrogens (tertiary/aromatic N) is 2. The predicted octanol–water partition coefficient (Wildman–Crippen LogP) is 3.32. The Morgan fingerprint density at radius 1 is 1.23 bits per heavy atom. The number of halogens is 1. The molecule has 3 aliphatic rings. The molecule has 1 aliphatic carbocycles. The molecular formula is C23H37IN4O2. The lowest BCUT2D eigenvalue weighted by atomic mass is 10.1. The molecule has 2 N–H and O–H groups in total. The van der Waals surface area contributed by atoms with Gasteiger partial charge in [0.15, 0.2) is 5.96 Å². The van der Waals surface area contributed by atoms with Crippen LogP contribution in [0.2, 0.25) is 0 Å². The molecule has 1 aromatic rings. The number of hydrogen-bond donors (Lipinski definition) is 2. The van der Waals surface area contributed by atoms with Crippen LogP contribution < -0.4 is 15.4 Å². The fourth-order valence-electron chi connectivity index (χ4n) is 4.34. The van der Waals surface area contributed by atoms with Crippen LogP contribution in [-0.2, 0) is 11.3 Å². The summed E-state index contributed by atoms with van der Waals surface area (Å²) in [6.45, 7) is 7.76. The molecule has 30 heavy (non-hydrogen) atoms. The van der Waals surface area contributed by atoms with Crippen molar-refractivity contribution in [3.05, 3.63) is 29.3 Å². The zero-order valence-corrected chi connectivity index (χ0v) is 20.7. The predicted molar refractivity (Wildman–Crippen MR) is 132 cm³/mol. The Bertz CT molecular complexity index is 704. The minimum atomic E-state index is 0. The molecular weight excluding hydrogens is 491 g/mol. The maximum Gasteiger partial charge on any atom is 0.191 e. The summed E-state index contributed by atoms with van der Waals surface area (Å²) in [4.78, 5) is 7.07. The van der Waals surface area contributed by atoms with Gasteiger partial charge in [0.25, 0.3) is 0 Å². The van der Waals surface area contributed by atoms with Gasteiger partial charge >= 0.3 is 0 Å². The first kappa shape index (κ1) is 23.6. The lowest BCUT2D eigenvalue weighted by Crippen LogP contribution is -2.40. The van der Waals surface area contributed by atoms with Crippen LogP contribution in [0.5, 0.6) is 5.75 Å². The normalized spacial score (nSPS) is 24.5. The van der Waals surface area contributed by atoms with Crippen molar-refractivity contribution < 1.29 is 9.47 Å². The van der Waals surface area contributed by atoms with Gasteiger partial charge in [0.1, 0.15) is 12.4 Å². The van der Waals surface area contributed by atoms with E-state index in [2.05, 4.69) is 45.6 Å². The largest absolute Gasteiger partial charge is 0.491 e. The first-order chi connectivity index (χ1) is 14.2. The van der Waals surface area contributed by atoms with Crippen LogP contribution in [0.15, 0.2) is 23.2 Å². The van der Waals surface area contributed by atoms with Crippen molar-refractivity contribution in [1.82, 2.24) is 15.5 Å². The van der Waals surface area contributed by atoms with Crippen molar-refractivity contribution >= 4 is 29.9 Å². The summed E-state index contributed by atoms with van der Waals surface area (Å²) in [6, 6.07) is 7.28. The molecule has 4 rings (SSSR count). The average molecular weight is 528 g/mol. The molecule has 168 valence electrons. The summed E-state index contributed by atoms with van der Waals surface area (Å²) in [5.41, 5.74) is 2.36. The summed E-state index contributed by atoms with van der Waals surface area (Å²) in [5, 5.41) is 6.98. The van der Waals surface area contributed by atoms with E-state index in [9.17, 15) is 0 Å². The third kappa shape index (κ3) is 6.72. The number of ether oxygens (including phenoxy) is 2. The number of nitrogens with one attached hydrogen (secondary N) is 2. The van der Waals surface area contributed by atoms with Gasteiger partial charge in [-0.2, -0.15) is 0 Å². The molecule has 2 heterocycles. The molecule has 6 nitrogen and oxygen atoms in total. The minimum Gasteiger partial charge on any atom is -0.491 e. The quantitative estimate of drug-likeness (QED) is 0.308. The standard InChI is InChI=1S/C23H36N4O2.HI/c1-17-5-6-19(22(12-17)29-16-21-4-3-11-28-21)14-26-23(24-2)25-13-18-9-10-27(15-18)20-7-8-20;/h5-6,12,18,20-21H,3-4,7-11,13-16H2,1-2H3,(H2,24,25,26);1H. The highest BCUT2D eigenvalue weighted by Gasteiger charge is 2.34. The average Bonchev–Trinajstić information content (AvgIpc) is 3.24. The van der Waals surface area contributed by atoms with Gasteiger partial charge in [-0.1, -0.05) is 12.1 Å². The van der Waals surface area contributed by atoms with Crippen molar-refractivity contribution in [2.75, 3.05) is 39.9 Å². The molecule has 2 saturated heterocycles. The number of likely N-dealkylation sites (tertiary alicyclic amines) is 1. The topological polar surface area (TPSA) is 58.1 Å². The van der Waals surface area contributed by atoms with Crippen molar-refractivity contribution in [2.45, 2.75) is 57.7 Å². The third-order valence-corrected chi connectivity index (χ3v) is 6.28. The van der Waals surface area contributed by atoms with Crippen LogP contribution in [0.25, 0.3) is 0 Å². The molecule has 0 radical (unpaired) electrons. The monoisotopic (exact) mass is 528 g/mol. The van der Waals surface area contributed by atoms with Crippen molar-refractivity contribution in [3.8, 4) is 5.75 Å². The number of guanidine groups is 1. The Kier molecular flexibility index (Phi) is 9.07. The number of rotatable bonds is 8. The van der Waals surface area contributed by atoms with Gasteiger partial charge in [-0.3, -0.25) is 4.99 Å². The van der Waals surface area contributed by atoms with Crippen LogP contribution in [0.4, 0.5) is 0 Å². The molecule has 0 bridgehead atoms. The van der Waals surface area contributed by atoms with E-state index in [1.807, 2.05) is 7.05 Å². The van der Waals surface area contributed by atoms with Gasteiger partial charge < -0.3 is 25.0 Å². The second kappa shape index (κ2) is 11.5. The summed E-state index contributed by atoms with van der Waals surface area (Å²) in [7, 11) is 1.84. The van der Waals surface area contributed by atoms with Crippen LogP contribution in [0, 0.1) is 12.8 Å². The lowest BCUT2D eigenvalue weighted by Gasteiger charge is -2.18. The Morgan fingerprint density at radius 2 is 2.10 bits per heavy atom. The first-order valence-electron chi connectivity index (χ1n) is 11.2. The maximum atomic E-state index is 6.12. The highest BCUT2D eigenvalue weighted by molar-refractivity contribution is 14.0. The second-order valence-electron chi connectivity index (χ2n) is 8.74. The molecule has 2 atom stereocenters. The molecule has 2 aliphatic heterocycles. The van der Waals surface area contributed by atoms with Crippen LogP contribution >= 0.6 is 24.0 Å². The number of aliphatic imine (C=N–C) groups is 1. The van der Waals surface area contributed by atoms with Crippen molar-refractivity contribution in [2.24, 2.45) is 10.9 Å². The van der Waals surface area contributed by atoms with Gasteiger partial charge in [-0.25, -0.2) is 0 Å². The molecule has 0 spiro atoms. The Labute approximate surface area is 198 Å². The van der Waals surface area contributed by atoms with E-state index in [0.717, 1.165) is 55.2 Å². The zero-order valence-electron chi connectivity index (χ0n) is 18.4. The van der Waals surface area contributed by atoms with E-state index in [4.69, 9.17) is 9.47 Å². The highest BCUT2D eigenvalue weighted by atomic mass is 127. The number of benzene rings is 1. The smallest absolute Gasteiger partial charge is 0.191 e. The summed E-state index contributed by atoms with van der Waals surface area (Å²) >= 11 is 0. The Morgan fingerprint density at radius 3 is 2.83 bits per heavy atom. The van der Waals surface area contributed by atoms with Gasteiger partial charge in [0, 0.05) is 44.9 Å². The lowest BCUT2D eigenvalue weighted by molar-refractivity contribution is 0.0676. The third-order valence-electron chi connectivity index (χ3n) is 6.28. The van der Waals surface area contributed by atoms with Crippen LogP contribution in [-0.4, -0.2) is 62.9 Å². The van der Waals surface area contributed by atoms with E-state index in [1.165, 1.54) is 37.9 Å². The van der Waals surface area contributed by atoms with Crippen molar-refractivity contribution in [3.63, 3.8) is 0 Å². The molecule has 3 fully saturated rings. The second-order valence-corrected chi connectivity index (χ2v) is 8.74. The van der Waals surface area contributed by atoms with E-state index in [0.29, 0.717) is 13.2 Å². The molecule has 7 heteroatoms. The zero-order chi connectivity index (χ0) is 20.1. The van der Waals surface area contributed by atoms with Crippen molar-refractivity contribution in [1.29, 1.82) is 0 Å². The number of aryl methyl sites for hydroxylation is 1. The number of hydrogen-bond acceptors (Lipinski definition) is 4. The molecule has 2 unspecified atom stereocenters. The molecule has 0 amide bonds. The highest BCUT2D eigenvalue weighted by Crippen LogP contribution is 2.31. The Balaban J connectivity index is 0.00000256. The summed E-state index contributed by atoms with van der Waals surface area (Å²) < 4.78 is 11.8. The molecule has 0 aromatic heterocycles. The van der Waals surface area contributed by atoms with Gasteiger partial charge in [-0.05, 0) is 63.1 Å². The summed E-state index contributed by atoms with van der Waals surface area (Å²) in [5.74, 6) is 2.53. The van der Waals surface area contributed by atoms with Crippen LogP contribution in [0.1, 0.15) is 43.2 Å². The fraction of sp³-hybridized carbons (Fsp3) is 0.696. The van der Waals surface area contributed by atoms with Gasteiger partial charge in [-0.15, -0.1) is 24.0 Å². The van der Waals surface area contributed by atoms with E-state index in [-0.39, 0.29) is 30.1 Å². The van der Waals surface area contributed by atoms with Gasteiger partial charge in [0.2, 0.25) is 0 Å². The minimum absolute atomic E-state index is 0. The fourth-order valence-corrected chi connectivity index (χ4v) is 4.34. The SMILES string of the molecule is CN=C(NCc1ccc(C)cc1OCC1CCCO1)NCC1CCN(C2CC2)C1.I. The van der Waals surface area contributed by atoms with E-state index >= 15 is 0 Å². The van der Waals surface area contributed by atoms with Gasteiger partial charge in [0.05, 0.1) is 6.10 Å². The summed E-state index contributed by atoms with van der Waals surface area (Å²) in [6.07, 6.45) is 6.55. The first-order valence-corrected chi connectivity index (χ1v) is 11.2. The Hall–Kier alpha value is -1.06. The molecule has 1 aromatic carbocycles. The van der Waals surface area contributed by atoms with Crippen LogP contribution in [0.3, 0.4) is 0 Å². The maximum absolute atomic E-state index is 6.12. The molecule has 1 saturated carbocycles. The van der Waals surface area contributed by atoms with E-state index < -0.39 is 0 Å². The van der Waals surface area contributed by atoms with E-state index in [1.54, 1.807) is 0 Å².